The highest BCUT2D eigenvalue weighted by atomic mass is 16.7. The molecule has 3 aliphatic rings. The van der Waals surface area contributed by atoms with Crippen molar-refractivity contribution in [3.63, 3.8) is 0 Å². The maximum Gasteiger partial charge on any atom is 0.335 e. The molecule has 0 aromatic carbocycles. The lowest BCUT2D eigenvalue weighted by atomic mass is 9.65. The van der Waals surface area contributed by atoms with Gasteiger partial charge in [0.2, 0.25) is 0 Å². The largest absolute Gasteiger partial charge is 0.497 e. The minimum absolute atomic E-state index is 0.0236. The second-order valence-electron chi connectivity index (χ2n) is 6.29. The average molecular weight is 326 g/mol. The lowest BCUT2D eigenvalue weighted by molar-refractivity contribution is -0.200. The zero-order valence-corrected chi connectivity index (χ0v) is 13.6. The van der Waals surface area contributed by atoms with E-state index in [9.17, 15) is 9.59 Å². The van der Waals surface area contributed by atoms with Crippen LogP contribution in [-0.4, -0.2) is 51.3 Å². The molecule has 23 heavy (non-hydrogen) atoms. The van der Waals surface area contributed by atoms with Crippen LogP contribution in [0.1, 0.15) is 19.8 Å². The number of ether oxygens (including phenoxy) is 5. The first kappa shape index (κ1) is 16.3. The molecule has 4 atom stereocenters. The summed E-state index contributed by atoms with van der Waals surface area (Å²) >= 11 is 0. The number of methoxy groups -OCH3 is 2. The summed E-state index contributed by atoms with van der Waals surface area (Å²) in [6.45, 7) is 2.92. The van der Waals surface area contributed by atoms with Crippen molar-refractivity contribution in [3.8, 4) is 0 Å². The third-order valence-electron chi connectivity index (χ3n) is 5.07. The Balaban J connectivity index is 1.95. The minimum Gasteiger partial charge on any atom is -0.497 e. The summed E-state index contributed by atoms with van der Waals surface area (Å²) < 4.78 is 27.3. The van der Waals surface area contributed by atoms with E-state index in [0.717, 1.165) is 0 Å². The first-order valence-corrected chi connectivity index (χ1v) is 7.82. The number of hydrogen-bond donors (Lipinski definition) is 0. The third kappa shape index (κ3) is 2.61. The van der Waals surface area contributed by atoms with Crippen LogP contribution in [0, 0.1) is 17.8 Å². The van der Waals surface area contributed by atoms with Gasteiger partial charge in [-0.3, -0.25) is 4.79 Å². The quantitative estimate of drug-likeness (QED) is 0.716. The molecule has 7 heteroatoms. The first-order chi connectivity index (χ1) is 11.0. The average Bonchev–Trinajstić information content (AvgIpc) is 3.15. The van der Waals surface area contributed by atoms with Gasteiger partial charge in [0.15, 0.2) is 11.9 Å². The van der Waals surface area contributed by atoms with E-state index in [4.69, 9.17) is 23.7 Å². The van der Waals surface area contributed by atoms with Crippen molar-refractivity contribution in [3.05, 3.63) is 11.8 Å². The molecule has 1 saturated carbocycles. The molecule has 0 aromatic heterocycles. The Hall–Kier alpha value is -1.60. The predicted octanol–water partition coefficient (Wildman–Crippen LogP) is 1.02. The molecule has 128 valence electrons. The Morgan fingerprint density at radius 2 is 2.00 bits per heavy atom. The summed E-state index contributed by atoms with van der Waals surface area (Å²) in [6.07, 6.45) is 1.75. The molecular formula is C16H22O7. The van der Waals surface area contributed by atoms with Gasteiger partial charge in [-0.05, 0) is 18.8 Å². The second-order valence-corrected chi connectivity index (χ2v) is 6.29. The van der Waals surface area contributed by atoms with Gasteiger partial charge in [-0.25, -0.2) is 4.79 Å². The summed E-state index contributed by atoms with van der Waals surface area (Å²) in [4.78, 5) is 24.0. The number of esters is 2. The van der Waals surface area contributed by atoms with Gasteiger partial charge in [0.25, 0.3) is 0 Å². The van der Waals surface area contributed by atoms with E-state index in [1.807, 2.05) is 6.92 Å². The molecule has 0 radical (unpaired) electrons. The van der Waals surface area contributed by atoms with Crippen molar-refractivity contribution in [1.82, 2.24) is 0 Å². The van der Waals surface area contributed by atoms with Crippen LogP contribution in [0.2, 0.25) is 0 Å². The van der Waals surface area contributed by atoms with E-state index >= 15 is 0 Å². The van der Waals surface area contributed by atoms with E-state index in [1.165, 1.54) is 20.3 Å². The molecule has 3 rings (SSSR count). The van der Waals surface area contributed by atoms with Crippen molar-refractivity contribution >= 4 is 11.9 Å². The van der Waals surface area contributed by atoms with Crippen molar-refractivity contribution in [1.29, 1.82) is 0 Å². The zero-order chi connectivity index (χ0) is 16.6. The van der Waals surface area contributed by atoms with Gasteiger partial charge in [0, 0.05) is 0 Å². The lowest BCUT2D eigenvalue weighted by Gasteiger charge is -2.46. The molecule has 1 saturated heterocycles. The van der Waals surface area contributed by atoms with Gasteiger partial charge in [-0.1, -0.05) is 6.92 Å². The molecule has 2 heterocycles. The van der Waals surface area contributed by atoms with E-state index in [1.54, 1.807) is 0 Å². The predicted molar refractivity (Wildman–Crippen MR) is 77.0 cm³/mol. The fourth-order valence-corrected chi connectivity index (χ4v) is 4.01. The van der Waals surface area contributed by atoms with Crippen LogP contribution >= 0.6 is 0 Å². The van der Waals surface area contributed by atoms with E-state index < -0.39 is 17.9 Å². The van der Waals surface area contributed by atoms with Crippen LogP contribution in [0.25, 0.3) is 0 Å². The summed E-state index contributed by atoms with van der Waals surface area (Å²) in [7, 11) is 2.90. The smallest absolute Gasteiger partial charge is 0.335 e. The first-order valence-electron chi connectivity index (χ1n) is 7.82. The molecule has 2 fully saturated rings. The molecule has 1 aliphatic carbocycles. The maximum absolute atomic E-state index is 12.1. The Morgan fingerprint density at radius 1 is 1.30 bits per heavy atom. The molecule has 7 nitrogen and oxygen atoms in total. The monoisotopic (exact) mass is 326 g/mol. The highest BCUT2D eigenvalue weighted by Crippen LogP contribution is 2.51. The normalized spacial score (nSPS) is 37.6. The fraction of sp³-hybridized carbons (Fsp3) is 0.750. The van der Waals surface area contributed by atoms with Crippen LogP contribution in [-0.2, 0) is 33.3 Å². The SMILES string of the molecule is COC(=O)[C@@H]1C[C@@H](C2OCCO2)[C@]2(C[C@H]1C)OC(=O)C=C2OC. The van der Waals surface area contributed by atoms with Gasteiger partial charge in [-0.2, -0.15) is 0 Å². The molecule has 2 aliphatic heterocycles. The van der Waals surface area contributed by atoms with Crippen LogP contribution in [0.4, 0.5) is 0 Å². The molecule has 0 bridgehead atoms. The second kappa shape index (κ2) is 6.13. The summed E-state index contributed by atoms with van der Waals surface area (Å²) in [5.74, 6) is -0.855. The van der Waals surface area contributed by atoms with Gasteiger partial charge >= 0.3 is 11.9 Å². The van der Waals surface area contributed by atoms with Gasteiger partial charge < -0.3 is 23.7 Å². The van der Waals surface area contributed by atoms with Crippen molar-refractivity contribution in [2.24, 2.45) is 17.8 Å². The standard InChI is InChI=1S/C16H22O7/c1-9-8-16(12(19-2)7-13(17)23-16)11(15-21-4-5-22-15)6-10(9)14(18)20-3/h7,9-11,15H,4-6,8H2,1-3H3/t9-,10-,11+,16+/m1/s1. The lowest BCUT2D eigenvalue weighted by Crippen LogP contribution is -2.54. The Labute approximate surface area is 134 Å². The molecule has 0 amide bonds. The van der Waals surface area contributed by atoms with Crippen LogP contribution in [0.5, 0.6) is 0 Å². The van der Waals surface area contributed by atoms with Crippen LogP contribution in [0.15, 0.2) is 11.8 Å². The minimum atomic E-state index is -0.940. The molecule has 0 unspecified atom stereocenters. The van der Waals surface area contributed by atoms with Crippen molar-refractivity contribution < 1.29 is 33.3 Å². The Morgan fingerprint density at radius 3 is 2.61 bits per heavy atom. The Kier molecular flexibility index (Phi) is 4.33. The summed E-state index contributed by atoms with van der Waals surface area (Å²) in [5.41, 5.74) is -0.940. The Bertz CT molecular complexity index is 523. The number of hydrogen-bond acceptors (Lipinski definition) is 7. The van der Waals surface area contributed by atoms with Gasteiger partial charge in [-0.15, -0.1) is 0 Å². The topological polar surface area (TPSA) is 80.3 Å². The van der Waals surface area contributed by atoms with Crippen LogP contribution < -0.4 is 0 Å². The van der Waals surface area contributed by atoms with E-state index in [2.05, 4.69) is 0 Å². The van der Waals surface area contributed by atoms with Crippen molar-refractivity contribution in [2.75, 3.05) is 27.4 Å². The summed E-state index contributed by atoms with van der Waals surface area (Å²) in [6, 6.07) is 0. The zero-order valence-electron chi connectivity index (χ0n) is 13.6. The summed E-state index contributed by atoms with van der Waals surface area (Å²) in [5, 5.41) is 0. The van der Waals surface area contributed by atoms with Crippen LogP contribution in [0.3, 0.4) is 0 Å². The number of carbonyl (C=O) groups excluding carboxylic acids is 2. The third-order valence-corrected chi connectivity index (χ3v) is 5.07. The van der Waals surface area contributed by atoms with Crippen molar-refractivity contribution in [2.45, 2.75) is 31.7 Å². The maximum atomic E-state index is 12.1. The van der Waals surface area contributed by atoms with E-state index in [0.29, 0.717) is 31.8 Å². The highest BCUT2D eigenvalue weighted by molar-refractivity contribution is 5.86. The molecule has 0 aromatic rings. The molecular weight excluding hydrogens is 304 g/mol. The number of carbonyl (C=O) groups is 2. The highest BCUT2D eigenvalue weighted by Gasteiger charge is 2.60. The molecule has 0 N–H and O–H groups in total. The number of rotatable bonds is 3. The molecule has 1 spiro atoms. The van der Waals surface area contributed by atoms with E-state index in [-0.39, 0.29) is 23.7 Å². The van der Waals surface area contributed by atoms with Gasteiger partial charge in [0.05, 0.1) is 45.3 Å². The van der Waals surface area contributed by atoms with Gasteiger partial charge in [0.1, 0.15) is 5.76 Å². The fourth-order valence-electron chi connectivity index (χ4n) is 4.01.